The maximum absolute atomic E-state index is 12.0. The number of hydrogen-bond donors (Lipinski definition) is 0. The average Bonchev–Trinajstić information content (AvgIpc) is 3.33. The molecule has 0 aliphatic carbocycles. The molecule has 2 heterocycles. The molecule has 0 saturated heterocycles. The van der Waals surface area contributed by atoms with Crippen LogP contribution in [0.4, 0.5) is 0 Å². The van der Waals surface area contributed by atoms with Crippen molar-refractivity contribution >= 4 is 27.5 Å². The lowest BCUT2D eigenvalue weighted by atomic mass is 10.2. The summed E-state index contributed by atoms with van der Waals surface area (Å²) in [4.78, 5) is 16.6. The van der Waals surface area contributed by atoms with Crippen LogP contribution in [0.25, 0.3) is 15.9 Å². The molecule has 2 aromatic carbocycles. The number of para-hydroxylation sites is 2. The van der Waals surface area contributed by atoms with Crippen molar-refractivity contribution in [2.75, 3.05) is 0 Å². The third kappa shape index (κ3) is 4.17. The number of tetrazole rings is 1. The van der Waals surface area contributed by atoms with Gasteiger partial charge in [-0.3, -0.25) is 4.79 Å². The average molecular weight is 379 g/mol. The second kappa shape index (κ2) is 8.05. The Balaban J connectivity index is 1.27. The number of rotatable bonds is 7. The van der Waals surface area contributed by atoms with Gasteiger partial charge in [-0.05, 0) is 47.5 Å². The molecule has 0 bridgehead atoms. The highest BCUT2D eigenvalue weighted by Gasteiger charge is 2.11. The molecule has 0 N–H and O–H groups in total. The third-order valence-corrected chi connectivity index (χ3v) is 5.10. The summed E-state index contributed by atoms with van der Waals surface area (Å²) in [6.45, 7) is 0.0435. The zero-order valence-electron chi connectivity index (χ0n) is 14.5. The van der Waals surface area contributed by atoms with Crippen LogP contribution >= 0.6 is 11.3 Å². The van der Waals surface area contributed by atoms with Crippen LogP contribution in [0.1, 0.15) is 23.7 Å². The van der Waals surface area contributed by atoms with E-state index in [-0.39, 0.29) is 12.6 Å². The highest BCUT2D eigenvalue weighted by atomic mass is 32.1. The molecule has 2 aromatic heterocycles. The molecule has 4 rings (SSSR count). The number of ether oxygens (including phenoxy) is 1. The first-order chi connectivity index (χ1) is 13.3. The molecular weight excluding hydrogens is 362 g/mol. The van der Waals surface area contributed by atoms with Crippen molar-refractivity contribution in [3.63, 3.8) is 0 Å². The van der Waals surface area contributed by atoms with Crippen LogP contribution in [0.3, 0.4) is 0 Å². The summed E-state index contributed by atoms with van der Waals surface area (Å²) in [5.74, 6) is 0.222. The van der Waals surface area contributed by atoms with Gasteiger partial charge >= 0.3 is 5.97 Å². The number of benzene rings is 2. The van der Waals surface area contributed by atoms with Crippen LogP contribution in [0.5, 0.6) is 0 Å². The highest BCUT2D eigenvalue weighted by Crippen LogP contribution is 2.22. The van der Waals surface area contributed by atoms with Crippen LogP contribution in [-0.2, 0) is 22.6 Å². The predicted molar refractivity (Wildman–Crippen MR) is 102 cm³/mol. The van der Waals surface area contributed by atoms with Gasteiger partial charge in [0.1, 0.15) is 0 Å². The molecule has 8 heteroatoms. The summed E-state index contributed by atoms with van der Waals surface area (Å²) in [6, 6.07) is 17.5. The van der Waals surface area contributed by atoms with E-state index in [1.807, 2.05) is 48.5 Å². The van der Waals surface area contributed by atoms with E-state index in [0.717, 1.165) is 22.6 Å². The Kier molecular flexibility index (Phi) is 5.15. The van der Waals surface area contributed by atoms with Gasteiger partial charge in [-0.1, -0.05) is 30.3 Å². The van der Waals surface area contributed by atoms with E-state index in [1.54, 1.807) is 16.0 Å². The second-order valence-electron chi connectivity index (χ2n) is 5.93. The lowest BCUT2D eigenvalue weighted by Gasteiger charge is -2.05. The van der Waals surface area contributed by atoms with Gasteiger partial charge in [0.25, 0.3) is 0 Å². The first-order valence-corrected chi connectivity index (χ1v) is 9.44. The van der Waals surface area contributed by atoms with E-state index in [2.05, 4.69) is 26.6 Å². The fraction of sp³-hybridized carbons (Fsp3) is 0.211. The number of thiazole rings is 1. The third-order valence-electron chi connectivity index (χ3n) is 4.01. The molecule has 0 unspecified atom stereocenters. The van der Waals surface area contributed by atoms with Crippen molar-refractivity contribution in [3.05, 3.63) is 65.4 Å². The Hall–Kier alpha value is -3.13. The Morgan fingerprint density at radius 2 is 1.89 bits per heavy atom. The van der Waals surface area contributed by atoms with Gasteiger partial charge in [0.2, 0.25) is 0 Å². The summed E-state index contributed by atoms with van der Waals surface area (Å²) in [7, 11) is 0. The van der Waals surface area contributed by atoms with Crippen LogP contribution in [0.15, 0.2) is 54.6 Å². The molecule has 0 aliphatic rings. The molecule has 136 valence electrons. The van der Waals surface area contributed by atoms with E-state index >= 15 is 0 Å². The van der Waals surface area contributed by atoms with Gasteiger partial charge in [-0.2, -0.15) is 4.68 Å². The number of nitrogens with zero attached hydrogens (tertiary/aromatic N) is 5. The minimum atomic E-state index is -0.265. The number of hydrogen-bond acceptors (Lipinski definition) is 7. The highest BCUT2D eigenvalue weighted by molar-refractivity contribution is 7.18. The van der Waals surface area contributed by atoms with E-state index in [1.165, 1.54) is 4.70 Å². The predicted octanol–water partition coefficient (Wildman–Crippen LogP) is 3.34. The molecule has 0 amide bonds. The Bertz CT molecular complexity index is 1010. The molecular formula is C19H17N5O2S. The van der Waals surface area contributed by atoms with Crippen molar-refractivity contribution < 1.29 is 9.53 Å². The quantitative estimate of drug-likeness (QED) is 0.458. The molecule has 7 nitrogen and oxygen atoms in total. The summed E-state index contributed by atoms with van der Waals surface area (Å²) >= 11 is 1.67. The molecule has 0 radical (unpaired) electrons. The maximum Gasteiger partial charge on any atom is 0.306 e. The maximum atomic E-state index is 12.0. The lowest BCUT2D eigenvalue weighted by molar-refractivity contribution is -0.145. The molecule has 4 aromatic rings. The number of fused-ring (bicyclic) bond motifs is 1. The van der Waals surface area contributed by atoms with Gasteiger partial charge in [0.05, 0.1) is 20.9 Å². The molecule has 0 atom stereocenters. The minimum absolute atomic E-state index is 0.0435. The van der Waals surface area contributed by atoms with Crippen molar-refractivity contribution in [1.82, 2.24) is 25.2 Å². The van der Waals surface area contributed by atoms with Crippen molar-refractivity contribution in [2.24, 2.45) is 0 Å². The van der Waals surface area contributed by atoms with Gasteiger partial charge in [-0.25, -0.2) is 4.98 Å². The van der Waals surface area contributed by atoms with Gasteiger partial charge < -0.3 is 4.74 Å². The zero-order chi connectivity index (χ0) is 18.5. The van der Waals surface area contributed by atoms with Crippen molar-refractivity contribution in [3.8, 4) is 5.69 Å². The lowest BCUT2D eigenvalue weighted by Crippen LogP contribution is -2.09. The Morgan fingerprint density at radius 1 is 1.07 bits per heavy atom. The Morgan fingerprint density at radius 3 is 2.74 bits per heavy atom. The standard InChI is InChI=1S/C19H17N5O2S/c25-19(12-6-11-18-20-15-9-4-5-10-16(15)27-18)26-13-17-21-22-23-24(17)14-7-2-1-3-8-14/h1-5,7-10H,6,11-13H2. The van der Waals surface area contributed by atoms with Gasteiger partial charge in [0.15, 0.2) is 12.4 Å². The fourth-order valence-corrected chi connectivity index (χ4v) is 3.70. The molecule has 0 saturated carbocycles. The van der Waals surface area contributed by atoms with Gasteiger partial charge in [0, 0.05) is 6.42 Å². The van der Waals surface area contributed by atoms with E-state index in [9.17, 15) is 4.79 Å². The van der Waals surface area contributed by atoms with Crippen molar-refractivity contribution in [1.29, 1.82) is 0 Å². The first-order valence-electron chi connectivity index (χ1n) is 8.62. The molecule has 0 spiro atoms. The zero-order valence-corrected chi connectivity index (χ0v) is 15.3. The number of aromatic nitrogens is 5. The van der Waals surface area contributed by atoms with Crippen LogP contribution in [-0.4, -0.2) is 31.2 Å². The van der Waals surface area contributed by atoms with E-state index in [0.29, 0.717) is 18.7 Å². The second-order valence-corrected chi connectivity index (χ2v) is 7.05. The first kappa shape index (κ1) is 17.3. The topological polar surface area (TPSA) is 82.8 Å². The SMILES string of the molecule is O=C(CCCc1nc2ccccc2s1)OCc1nnnn1-c1ccccc1. The largest absolute Gasteiger partial charge is 0.457 e. The molecule has 0 fully saturated rings. The molecule has 0 aliphatic heterocycles. The Labute approximate surface area is 159 Å². The van der Waals surface area contributed by atoms with Gasteiger partial charge in [-0.15, -0.1) is 16.4 Å². The van der Waals surface area contributed by atoms with Crippen LogP contribution < -0.4 is 0 Å². The molecule has 27 heavy (non-hydrogen) atoms. The monoisotopic (exact) mass is 379 g/mol. The van der Waals surface area contributed by atoms with Crippen LogP contribution in [0.2, 0.25) is 0 Å². The van der Waals surface area contributed by atoms with Crippen LogP contribution in [0, 0.1) is 0 Å². The fourth-order valence-electron chi connectivity index (χ4n) is 2.69. The summed E-state index contributed by atoms with van der Waals surface area (Å²) in [6.07, 6.45) is 1.79. The van der Waals surface area contributed by atoms with E-state index in [4.69, 9.17) is 4.74 Å². The smallest absolute Gasteiger partial charge is 0.306 e. The normalized spacial score (nSPS) is 11.0. The number of carbonyl (C=O) groups excluding carboxylic acids is 1. The minimum Gasteiger partial charge on any atom is -0.457 e. The number of carbonyl (C=O) groups is 1. The number of aryl methyl sites for hydroxylation is 1. The summed E-state index contributed by atoms with van der Waals surface area (Å²) in [5.41, 5.74) is 1.83. The summed E-state index contributed by atoms with van der Waals surface area (Å²) < 4.78 is 8.06. The van der Waals surface area contributed by atoms with E-state index < -0.39 is 0 Å². The summed E-state index contributed by atoms with van der Waals surface area (Å²) in [5, 5.41) is 12.6. The number of esters is 1. The van der Waals surface area contributed by atoms with Crippen molar-refractivity contribution in [2.45, 2.75) is 25.9 Å².